The Morgan fingerprint density at radius 1 is 0.429 bits per heavy atom. The molecule has 0 fully saturated rings. The molecule has 302 valence electrons. The fourth-order valence-corrected chi connectivity index (χ4v) is 6.27. The van der Waals surface area contributed by atoms with Gasteiger partial charge in [0, 0.05) is 0 Å². The van der Waals surface area contributed by atoms with Crippen molar-refractivity contribution in [3.8, 4) is 0 Å². The number of hydrogen-bond donors (Lipinski definition) is 0. The monoisotopic (exact) mass is 970 g/mol. The van der Waals surface area contributed by atoms with Crippen LogP contribution in [0.2, 0.25) is 0 Å². The van der Waals surface area contributed by atoms with Gasteiger partial charge < -0.3 is 27.7 Å². The van der Waals surface area contributed by atoms with Crippen LogP contribution in [0.1, 0.15) is 190 Å². The van der Waals surface area contributed by atoms with E-state index in [0.717, 1.165) is 0 Å². The summed E-state index contributed by atoms with van der Waals surface area (Å²) in [6, 6.07) is 29.7. The average molecular weight is 975 g/mol. The van der Waals surface area contributed by atoms with Gasteiger partial charge in [-0.25, -0.2) is 0 Å². The molecule has 0 radical (unpaired) electrons. The summed E-state index contributed by atoms with van der Waals surface area (Å²) in [5, 5.41) is 0. The van der Waals surface area contributed by atoms with Crippen molar-refractivity contribution < 1.29 is 68.2 Å². The van der Waals surface area contributed by atoms with Gasteiger partial charge in [-0.2, -0.15) is 118 Å². The minimum Gasteiger partial charge on any atom is -0.850 e. The second-order valence-electron chi connectivity index (χ2n) is 14.2. The average Bonchev–Trinajstić information content (AvgIpc) is 3.14. The molecule has 0 saturated carbocycles. The first-order chi connectivity index (χ1) is 25.6. The largest absolute Gasteiger partial charge is 2.00 e. The van der Waals surface area contributed by atoms with Crippen LogP contribution < -0.4 is 9.79 Å². The van der Waals surface area contributed by atoms with Crippen molar-refractivity contribution in [3.63, 3.8) is 0 Å². The van der Waals surface area contributed by atoms with Crippen molar-refractivity contribution in [3.05, 3.63) is 106 Å². The molecule has 0 aliphatic heterocycles. The zero-order chi connectivity index (χ0) is 39.4. The molecule has 56 heavy (non-hydrogen) atoms. The second kappa shape index (κ2) is 45.0. The Morgan fingerprint density at radius 2 is 0.625 bits per heavy atom. The van der Waals surface area contributed by atoms with Gasteiger partial charge in [-0.05, 0) is 0 Å². The van der Waals surface area contributed by atoms with Crippen LogP contribution in [0.5, 0.6) is 0 Å². The number of unbranched alkanes of at least 4 members (excludes halogenated alkanes) is 12. The number of rotatable bonds is 24. The molecule has 0 aliphatic rings. The Hall–Kier alpha value is 0.450. The maximum atomic E-state index is 9.29. The van der Waals surface area contributed by atoms with Gasteiger partial charge in [0.1, 0.15) is 0 Å². The maximum Gasteiger partial charge on any atom is 2.00 e. The smallest absolute Gasteiger partial charge is 0.850 e. The number of aryl methyl sites for hydroxylation is 6. The Kier molecular flexibility index (Phi) is 50.7. The summed E-state index contributed by atoms with van der Waals surface area (Å²) in [5.74, 6) is 0. The predicted octanol–water partition coefficient (Wildman–Crippen LogP) is 13.3. The third kappa shape index (κ3) is 38.6. The molecule has 3 aromatic rings. The molecule has 0 bridgehead atoms. The SMILES string of the molecule is CCCCCc1[c-]cccc1CCCCC.CCCCCc1[c-]cccc1CCCCC.CCCCCc1[c-]cccc1CCCCC.[O-]P([O-])(=S)[S-].[Zn+2].[Zn+2].[Zn+2]. The van der Waals surface area contributed by atoms with Gasteiger partial charge >= 0.3 is 58.4 Å². The summed E-state index contributed by atoms with van der Waals surface area (Å²) in [6.45, 7) is 13.6. The summed E-state index contributed by atoms with van der Waals surface area (Å²) in [4.78, 5) is 18.6. The Morgan fingerprint density at radius 3 is 0.821 bits per heavy atom. The van der Waals surface area contributed by atoms with Gasteiger partial charge in [0.2, 0.25) is 0 Å². The molecule has 0 heterocycles. The van der Waals surface area contributed by atoms with Crippen molar-refractivity contribution >= 4 is 29.7 Å². The zero-order valence-corrected chi connectivity index (χ0v) is 48.3. The van der Waals surface area contributed by atoms with Crippen LogP contribution in [0.15, 0.2) is 54.6 Å². The topological polar surface area (TPSA) is 46.1 Å². The van der Waals surface area contributed by atoms with Crippen LogP contribution in [0.25, 0.3) is 0 Å². The van der Waals surface area contributed by atoms with Crippen LogP contribution in [0, 0.1) is 18.2 Å². The van der Waals surface area contributed by atoms with Crippen LogP contribution in [-0.2, 0) is 121 Å². The first kappa shape index (κ1) is 63.1. The molecular weight excluding hydrogens is 900 g/mol. The van der Waals surface area contributed by atoms with E-state index >= 15 is 0 Å². The van der Waals surface area contributed by atoms with Gasteiger partial charge in [-0.15, -0.1) is 0 Å². The zero-order valence-electron chi connectivity index (χ0n) is 36.9. The molecule has 0 aliphatic carbocycles. The normalized spacial score (nSPS) is 10.2. The van der Waals surface area contributed by atoms with Crippen molar-refractivity contribution in [1.29, 1.82) is 0 Å². The van der Waals surface area contributed by atoms with Gasteiger partial charge in [0.15, 0.2) is 0 Å². The van der Waals surface area contributed by atoms with Crippen LogP contribution in [0.4, 0.5) is 0 Å². The third-order valence-electron chi connectivity index (χ3n) is 9.36. The van der Waals surface area contributed by atoms with Gasteiger partial charge in [0.05, 0.1) is 0 Å². The summed E-state index contributed by atoms with van der Waals surface area (Å²) >= 11 is 7.28. The predicted molar refractivity (Wildman–Crippen MR) is 237 cm³/mol. The molecule has 0 amide bonds. The molecule has 0 unspecified atom stereocenters. The van der Waals surface area contributed by atoms with E-state index in [1.54, 1.807) is 0 Å². The van der Waals surface area contributed by atoms with E-state index in [1.807, 2.05) is 0 Å². The van der Waals surface area contributed by atoms with E-state index < -0.39 is 5.69 Å². The van der Waals surface area contributed by atoms with E-state index in [-0.39, 0.29) is 58.4 Å². The van der Waals surface area contributed by atoms with Crippen molar-refractivity contribution in [2.24, 2.45) is 0 Å². The molecular formula is C48H75O2PS2Zn3. The van der Waals surface area contributed by atoms with Crippen LogP contribution in [-0.4, -0.2) is 0 Å². The third-order valence-corrected chi connectivity index (χ3v) is 9.36. The second-order valence-corrected chi connectivity index (χ2v) is 18.7. The molecule has 0 N–H and O–H groups in total. The van der Waals surface area contributed by atoms with Crippen LogP contribution >= 0.6 is 5.69 Å². The van der Waals surface area contributed by atoms with E-state index in [1.165, 1.54) is 187 Å². The molecule has 3 aromatic carbocycles. The molecule has 2 nitrogen and oxygen atoms in total. The molecule has 0 atom stereocenters. The molecule has 8 heteroatoms. The van der Waals surface area contributed by atoms with Gasteiger partial charge in [0.25, 0.3) is 0 Å². The Bertz CT molecular complexity index is 1070. The molecule has 0 aromatic heterocycles. The standard InChI is InChI=1S/3C16H25.H3O2PS2.3Zn/c3*1-3-5-7-11-15-13-9-10-14-16(15)12-8-6-4-2;1-3(2,4)5;;;/h3*9-10,13H,3-8,11-12H2,1-2H3;(H3,1,2,4,5);;;/q3*-1;;3*+2/p-3. The van der Waals surface area contributed by atoms with E-state index in [9.17, 15) is 9.79 Å². The Labute approximate surface area is 396 Å². The van der Waals surface area contributed by atoms with Crippen molar-refractivity contribution in [2.45, 2.75) is 196 Å². The first-order valence-electron chi connectivity index (χ1n) is 21.3. The summed E-state index contributed by atoms with van der Waals surface area (Å²) < 4.78 is 0. The van der Waals surface area contributed by atoms with Crippen LogP contribution in [0.3, 0.4) is 0 Å². The fourth-order valence-electron chi connectivity index (χ4n) is 6.27. The minimum absolute atomic E-state index is 0. The maximum absolute atomic E-state index is 9.29. The quantitative estimate of drug-likeness (QED) is 0.0295. The molecule has 0 spiro atoms. The van der Waals surface area contributed by atoms with Gasteiger partial charge in [-0.3, -0.25) is 0 Å². The fraction of sp³-hybridized carbons (Fsp3) is 0.625. The molecule has 0 saturated heterocycles. The minimum atomic E-state index is -3.72. The molecule has 3 rings (SSSR count). The van der Waals surface area contributed by atoms with E-state index in [4.69, 9.17) is 0 Å². The van der Waals surface area contributed by atoms with E-state index in [0.29, 0.717) is 0 Å². The number of benzene rings is 3. The number of hydrogen-bond acceptors (Lipinski definition) is 4. The summed E-state index contributed by atoms with van der Waals surface area (Å²) in [7, 11) is 0. The van der Waals surface area contributed by atoms with Crippen molar-refractivity contribution in [2.75, 3.05) is 0 Å². The van der Waals surface area contributed by atoms with Gasteiger partial charge in [-0.1, -0.05) is 196 Å². The summed E-state index contributed by atoms with van der Waals surface area (Å²) in [6.07, 6.45) is 31.2. The van der Waals surface area contributed by atoms with Crippen molar-refractivity contribution in [1.82, 2.24) is 0 Å². The van der Waals surface area contributed by atoms with E-state index in [2.05, 4.69) is 138 Å². The summed E-state index contributed by atoms with van der Waals surface area (Å²) in [5.41, 5.74) is 5.28. The first-order valence-corrected chi connectivity index (χ1v) is 25.0. The Balaban J connectivity index is -0.000000332.